The van der Waals surface area contributed by atoms with Gasteiger partial charge < -0.3 is 25.4 Å². The van der Waals surface area contributed by atoms with Crippen LogP contribution in [0.4, 0.5) is 11.4 Å². The molecular weight excluding hydrogens is 598 g/mol. The number of benzene rings is 4. The van der Waals surface area contributed by atoms with E-state index in [2.05, 4.69) is 16.0 Å². The third-order valence-corrected chi connectivity index (χ3v) is 8.01. The number of nitrogens with one attached hydrogen (secondary N) is 3. The van der Waals surface area contributed by atoms with Crippen molar-refractivity contribution in [3.05, 3.63) is 119 Å². The topological polar surface area (TPSA) is 106 Å². The van der Waals surface area contributed by atoms with Crippen LogP contribution in [0.2, 0.25) is 5.02 Å². The average molecular weight is 630 g/mol. The number of methoxy groups -OCH3 is 2. The van der Waals surface area contributed by atoms with E-state index in [1.165, 1.54) is 26.0 Å². The van der Waals surface area contributed by atoms with Crippen LogP contribution in [0.1, 0.15) is 29.3 Å². The van der Waals surface area contributed by atoms with Gasteiger partial charge in [0.1, 0.15) is 17.2 Å². The predicted molar refractivity (Wildman–Crippen MR) is 177 cm³/mol. The van der Waals surface area contributed by atoms with Crippen LogP contribution >= 0.6 is 23.4 Å². The largest absolute Gasteiger partial charge is 0.496 e. The molecule has 44 heavy (non-hydrogen) atoms. The molecule has 4 aromatic rings. The molecule has 8 nitrogen and oxygen atoms in total. The number of rotatable bonds is 12. The van der Waals surface area contributed by atoms with Crippen molar-refractivity contribution in [2.75, 3.05) is 24.9 Å². The molecule has 3 amide bonds. The number of anilines is 2. The van der Waals surface area contributed by atoms with Crippen molar-refractivity contribution in [1.29, 1.82) is 0 Å². The molecule has 0 aliphatic carbocycles. The van der Waals surface area contributed by atoms with Crippen molar-refractivity contribution >= 4 is 58.5 Å². The first-order valence-corrected chi connectivity index (χ1v) is 15.0. The second-order valence-electron chi connectivity index (χ2n) is 9.45. The highest BCUT2D eigenvalue weighted by Crippen LogP contribution is 2.32. The Bertz CT molecular complexity index is 1660. The van der Waals surface area contributed by atoms with Gasteiger partial charge in [0, 0.05) is 26.7 Å². The normalized spacial score (nSPS) is 11.7. The highest BCUT2D eigenvalue weighted by molar-refractivity contribution is 8.00. The van der Waals surface area contributed by atoms with Crippen molar-refractivity contribution in [3.63, 3.8) is 0 Å². The Morgan fingerprint density at radius 1 is 0.841 bits per heavy atom. The molecule has 0 fully saturated rings. The molecule has 4 aromatic carbocycles. The Balaban J connectivity index is 1.53. The van der Waals surface area contributed by atoms with E-state index in [4.69, 9.17) is 21.1 Å². The third-order valence-electron chi connectivity index (χ3n) is 6.42. The summed E-state index contributed by atoms with van der Waals surface area (Å²) in [7, 11) is 3.06. The Labute approximate surface area is 265 Å². The van der Waals surface area contributed by atoms with Gasteiger partial charge in [-0.15, -0.1) is 11.8 Å². The fraction of sp³-hybridized carbons (Fsp3) is 0.147. The highest BCUT2D eigenvalue weighted by Gasteiger charge is 2.21. The molecule has 1 unspecified atom stereocenters. The van der Waals surface area contributed by atoms with Crippen LogP contribution < -0.4 is 25.4 Å². The quantitative estimate of drug-likeness (QED) is 0.112. The van der Waals surface area contributed by atoms with Gasteiger partial charge in [0.15, 0.2) is 0 Å². The minimum absolute atomic E-state index is 0.0303. The number of thioether (sulfide) groups is 1. The van der Waals surface area contributed by atoms with Crippen molar-refractivity contribution < 1.29 is 23.9 Å². The number of halogens is 1. The summed E-state index contributed by atoms with van der Waals surface area (Å²) in [6.07, 6.45) is 2.11. The lowest BCUT2D eigenvalue weighted by molar-refractivity contribution is -0.116. The Morgan fingerprint density at radius 3 is 2.30 bits per heavy atom. The fourth-order valence-corrected chi connectivity index (χ4v) is 5.39. The minimum Gasteiger partial charge on any atom is -0.496 e. The van der Waals surface area contributed by atoms with E-state index < -0.39 is 17.1 Å². The summed E-state index contributed by atoms with van der Waals surface area (Å²) in [5, 5.41) is 8.55. The van der Waals surface area contributed by atoms with Crippen LogP contribution in [0, 0.1) is 0 Å². The number of hydrogen-bond donors (Lipinski definition) is 3. The van der Waals surface area contributed by atoms with Gasteiger partial charge in [-0.2, -0.15) is 0 Å². The van der Waals surface area contributed by atoms with E-state index in [-0.39, 0.29) is 11.6 Å². The van der Waals surface area contributed by atoms with Gasteiger partial charge in [0.25, 0.3) is 11.8 Å². The van der Waals surface area contributed by atoms with Crippen LogP contribution in [0.3, 0.4) is 0 Å². The monoisotopic (exact) mass is 629 g/mol. The summed E-state index contributed by atoms with van der Waals surface area (Å²) in [4.78, 5) is 40.5. The molecule has 0 aliphatic heterocycles. The van der Waals surface area contributed by atoms with Crippen molar-refractivity contribution in [1.82, 2.24) is 5.32 Å². The molecule has 0 bridgehead atoms. The molecular formula is C34H32ClN3O5S. The van der Waals surface area contributed by atoms with E-state index in [1.54, 1.807) is 84.9 Å². The molecule has 4 rings (SSSR count). The fourth-order valence-electron chi connectivity index (χ4n) is 4.21. The van der Waals surface area contributed by atoms with Gasteiger partial charge >= 0.3 is 0 Å². The van der Waals surface area contributed by atoms with Gasteiger partial charge in [-0.1, -0.05) is 61.0 Å². The zero-order valence-corrected chi connectivity index (χ0v) is 26.0. The third kappa shape index (κ3) is 8.65. The lowest BCUT2D eigenvalue weighted by Gasteiger charge is -2.17. The average Bonchev–Trinajstić information content (AvgIpc) is 3.04. The zero-order valence-electron chi connectivity index (χ0n) is 24.4. The minimum atomic E-state index is -0.528. The second-order valence-corrected chi connectivity index (χ2v) is 11.2. The van der Waals surface area contributed by atoms with Gasteiger partial charge in [0.2, 0.25) is 5.91 Å². The van der Waals surface area contributed by atoms with Gasteiger partial charge in [0.05, 0.1) is 25.2 Å². The van der Waals surface area contributed by atoms with Gasteiger partial charge in [-0.25, -0.2) is 0 Å². The number of hydrogen-bond acceptors (Lipinski definition) is 6. The lowest BCUT2D eigenvalue weighted by atomic mass is 10.1. The zero-order chi connectivity index (χ0) is 31.5. The van der Waals surface area contributed by atoms with E-state index >= 15 is 0 Å². The SMILES string of the molecule is CCC(Sc1cccc(NC(=O)/C(=C\c2ccccc2OC)NC(=O)c2ccccc2)c1)C(=O)Nc1cc(Cl)ccc1OC. The summed E-state index contributed by atoms with van der Waals surface area (Å²) >= 11 is 7.48. The molecule has 0 heterocycles. The molecule has 0 saturated heterocycles. The van der Waals surface area contributed by atoms with Crippen LogP contribution in [-0.4, -0.2) is 37.2 Å². The number of amides is 3. The summed E-state index contributed by atoms with van der Waals surface area (Å²) in [5.74, 6) is -0.120. The number of ether oxygens (including phenoxy) is 2. The molecule has 1 atom stereocenters. The van der Waals surface area contributed by atoms with E-state index in [0.717, 1.165) is 4.90 Å². The van der Waals surface area contributed by atoms with E-state index in [9.17, 15) is 14.4 Å². The number of para-hydroxylation sites is 1. The molecule has 226 valence electrons. The molecule has 0 saturated carbocycles. The molecule has 0 spiro atoms. The number of carbonyl (C=O) groups is 3. The summed E-state index contributed by atoms with van der Waals surface area (Å²) in [6.45, 7) is 1.92. The standard InChI is InChI=1S/C34H32ClN3O5S/c1-4-31(34(41)37-27-20-24(35)17-18-30(27)43-3)44-26-15-10-14-25(21-26)36-33(40)28(19-23-13-8-9-16-29(23)42-2)38-32(39)22-11-6-5-7-12-22/h5-21,31H,4H2,1-3H3,(H,36,40)(H,37,41)(H,38,39)/b28-19+. The predicted octanol–water partition coefficient (Wildman–Crippen LogP) is 7.28. The highest BCUT2D eigenvalue weighted by atomic mass is 35.5. The molecule has 0 radical (unpaired) electrons. The first kappa shape index (κ1) is 32.2. The second kappa shape index (κ2) is 15.7. The van der Waals surface area contributed by atoms with Crippen LogP contribution in [0.25, 0.3) is 6.08 Å². The van der Waals surface area contributed by atoms with Gasteiger partial charge in [-0.05, 0) is 67.1 Å². The van der Waals surface area contributed by atoms with Crippen LogP contribution in [-0.2, 0) is 9.59 Å². The first-order chi connectivity index (χ1) is 21.3. The lowest BCUT2D eigenvalue weighted by Crippen LogP contribution is -2.30. The maximum absolute atomic E-state index is 13.5. The van der Waals surface area contributed by atoms with Crippen molar-refractivity contribution in [3.8, 4) is 11.5 Å². The number of carbonyl (C=O) groups excluding carboxylic acids is 3. The van der Waals surface area contributed by atoms with E-state index in [0.29, 0.717) is 45.4 Å². The first-order valence-electron chi connectivity index (χ1n) is 13.7. The molecule has 0 aliphatic rings. The van der Waals surface area contributed by atoms with Crippen LogP contribution in [0.15, 0.2) is 108 Å². The Morgan fingerprint density at radius 2 is 1.57 bits per heavy atom. The maximum atomic E-state index is 13.5. The maximum Gasteiger partial charge on any atom is 0.272 e. The summed E-state index contributed by atoms with van der Waals surface area (Å²) in [5.41, 5.74) is 2.03. The molecule has 3 N–H and O–H groups in total. The summed E-state index contributed by atoms with van der Waals surface area (Å²) < 4.78 is 10.8. The summed E-state index contributed by atoms with van der Waals surface area (Å²) in [6, 6.07) is 28.0. The van der Waals surface area contributed by atoms with E-state index in [1.807, 2.05) is 25.1 Å². The Hall–Kier alpha value is -4.73. The van der Waals surface area contributed by atoms with Gasteiger partial charge in [-0.3, -0.25) is 14.4 Å². The smallest absolute Gasteiger partial charge is 0.272 e. The molecule has 10 heteroatoms. The molecule has 0 aromatic heterocycles. The Kier molecular flexibility index (Phi) is 11.5. The van der Waals surface area contributed by atoms with Crippen molar-refractivity contribution in [2.24, 2.45) is 0 Å². The van der Waals surface area contributed by atoms with Crippen molar-refractivity contribution in [2.45, 2.75) is 23.5 Å². The van der Waals surface area contributed by atoms with Crippen LogP contribution in [0.5, 0.6) is 11.5 Å².